The standard InChI is InChI=1S/C9H16O5.C8H14O5/c1-7(2)8(13)14-6-9(3-10,4-11)5-12;1-2-7(12)13-6-8(3-9,4-10)5-11/h10-12H,1,3-6H2,2H3;2,9-11H,1,3-6H2. The Kier molecular flexibility index (Phi) is 14.5. The zero-order valence-corrected chi connectivity index (χ0v) is 15.5. The van der Waals surface area contributed by atoms with Crippen LogP contribution < -0.4 is 0 Å². The molecule has 0 amide bonds. The van der Waals surface area contributed by atoms with Gasteiger partial charge in [-0.25, -0.2) is 9.59 Å². The van der Waals surface area contributed by atoms with E-state index >= 15 is 0 Å². The second kappa shape index (κ2) is 14.3. The average Bonchev–Trinajstić information content (AvgIpc) is 2.70. The molecule has 0 spiro atoms. The SMILES string of the molecule is C=C(C)C(=O)OCC(CO)(CO)CO.C=CC(=O)OCC(CO)(CO)CO. The van der Waals surface area contributed by atoms with Gasteiger partial charge in [0, 0.05) is 11.6 Å². The van der Waals surface area contributed by atoms with Crippen LogP contribution in [0.3, 0.4) is 0 Å². The molecule has 0 aliphatic carbocycles. The van der Waals surface area contributed by atoms with Crippen molar-refractivity contribution in [3.8, 4) is 0 Å². The number of carbonyl (C=O) groups excluding carboxylic acids is 2. The molecule has 0 saturated heterocycles. The first-order valence-corrected chi connectivity index (χ1v) is 7.92. The van der Waals surface area contributed by atoms with Crippen molar-refractivity contribution in [1.29, 1.82) is 0 Å². The van der Waals surface area contributed by atoms with Gasteiger partial charge < -0.3 is 40.1 Å². The molecule has 0 aliphatic heterocycles. The van der Waals surface area contributed by atoms with E-state index in [0.717, 1.165) is 6.08 Å². The van der Waals surface area contributed by atoms with E-state index < -0.39 is 62.4 Å². The highest BCUT2D eigenvalue weighted by Gasteiger charge is 2.30. The Bertz CT molecular complexity index is 450. The van der Waals surface area contributed by atoms with Gasteiger partial charge in [0.05, 0.1) is 50.5 Å². The maximum absolute atomic E-state index is 11.0. The lowest BCUT2D eigenvalue weighted by molar-refractivity contribution is -0.147. The predicted octanol–water partition coefficient (Wildman–Crippen LogP) is -2.25. The van der Waals surface area contributed by atoms with Crippen molar-refractivity contribution in [2.75, 3.05) is 52.9 Å². The number of hydrogen-bond acceptors (Lipinski definition) is 10. The molecule has 0 aromatic rings. The third kappa shape index (κ3) is 10.2. The van der Waals surface area contributed by atoms with Crippen molar-refractivity contribution in [3.63, 3.8) is 0 Å². The first-order chi connectivity index (χ1) is 12.6. The van der Waals surface area contributed by atoms with E-state index in [9.17, 15) is 9.59 Å². The number of carbonyl (C=O) groups is 2. The quantitative estimate of drug-likeness (QED) is 0.157. The van der Waals surface area contributed by atoms with Crippen molar-refractivity contribution in [1.82, 2.24) is 0 Å². The van der Waals surface area contributed by atoms with Gasteiger partial charge in [-0.2, -0.15) is 0 Å². The molecule has 158 valence electrons. The summed E-state index contributed by atoms with van der Waals surface area (Å²) in [5.41, 5.74) is -2.11. The number of hydrogen-bond donors (Lipinski definition) is 6. The van der Waals surface area contributed by atoms with E-state index in [2.05, 4.69) is 17.9 Å². The fourth-order valence-corrected chi connectivity index (χ4v) is 1.20. The van der Waals surface area contributed by atoms with Crippen LogP contribution in [-0.4, -0.2) is 95.4 Å². The summed E-state index contributed by atoms with van der Waals surface area (Å²) in [4.78, 5) is 21.6. The fourth-order valence-electron chi connectivity index (χ4n) is 1.20. The first kappa shape index (κ1) is 27.4. The molecule has 10 nitrogen and oxygen atoms in total. The van der Waals surface area contributed by atoms with Gasteiger partial charge in [-0.1, -0.05) is 13.2 Å². The van der Waals surface area contributed by atoms with Crippen molar-refractivity contribution >= 4 is 11.9 Å². The molecule has 0 aliphatic rings. The Hall–Kier alpha value is -1.82. The maximum atomic E-state index is 11.0. The summed E-state index contributed by atoms with van der Waals surface area (Å²) in [6, 6.07) is 0. The molecule has 0 atom stereocenters. The molecular weight excluding hydrogens is 364 g/mol. The van der Waals surface area contributed by atoms with Crippen LogP contribution >= 0.6 is 0 Å². The molecule has 0 unspecified atom stereocenters. The molecule has 0 heterocycles. The van der Waals surface area contributed by atoms with Crippen molar-refractivity contribution in [2.45, 2.75) is 6.92 Å². The highest BCUT2D eigenvalue weighted by atomic mass is 16.5. The van der Waals surface area contributed by atoms with Crippen LogP contribution in [0.2, 0.25) is 0 Å². The summed E-state index contributed by atoms with van der Waals surface area (Å²) < 4.78 is 9.32. The molecule has 0 aromatic carbocycles. The van der Waals surface area contributed by atoms with Crippen molar-refractivity contribution in [3.05, 3.63) is 24.8 Å². The largest absolute Gasteiger partial charge is 0.462 e. The first-order valence-electron chi connectivity index (χ1n) is 7.92. The van der Waals surface area contributed by atoms with Crippen LogP contribution in [-0.2, 0) is 19.1 Å². The predicted molar refractivity (Wildman–Crippen MR) is 94.3 cm³/mol. The number of ether oxygens (including phenoxy) is 2. The third-order valence-corrected chi connectivity index (χ3v) is 3.56. The van der Waals surface area contributed by atoms with E-state index in [1.165, 1.54) is 6.92 Å². The van der Waals surface area contributed by atoms with Gasteiger partial charge in [0.25, 0.3) is 0 Å². The Morgan fingerprint density at radius 3 is 1.41 bits per heavy atom. The molecule has 0 bridgehead atoms. The van der Waals surface area contributed by atoms with E-state index in [1.54, 1.807) is 0 Å². The molecule has 0 aromatic heterocycles. The van der Waals surface area contributed by atoms with Gasteiger partial charge in [-0.15, -0.1) is 0 Å². The summed E-state index contributed by atoms with van der Waals surface area (Å²) in [6.07, 6.45) is 0.969. The highest BCUT2D eigenvalue weighted by molar-refractivity contribution is 5.86. The van der Waals surface area contributed by atoms with Crippen LogP contribution in [0.1, 0.15) is 6.92 Å². The van der Waals surface area contributed by atoms with Crippen LogP contribution in [0.25, 0.3) is 0 Å². The van der Waals surface area contributed by atoms with Gasteiger partial charge in [0.15, 0.2) is 0 Å². The molecule has 0 fully saturated rings. The molecule has 6 N–H and O–H groups in total. The number of esters is 2. The van der Waals surface area contributed by atoms with E-state index in [4.69, 9.17) is 35.4 Å². The lowest BCUT2D eigenvalue weighted by Crippen LogP contribution is -2.39. The van der Waals surface area contributed by atoms with E-state index in [0.29, 0.717) is 0 Å². The van der Waals surface area contributed by atoms with Crippen LogP contribution in [0.15, 0.2) is 24.8 Å². The average molecular weight is 394 g/mol. The lowest BCUT2D eigenvalue weighted by atomic mass is 9.93. The number of aliphatic hydroxyl groups is 6. The molecule has 10 heteroatoms. The molecule has 0 rings (SSSR count). The minimum absolute atomic E-state index is 0.229. The van der Waals surface area contributed by atoms with Gasteiger partial charge in [0.2, 0.25) is 0 Å². The zero-order chi connectivity index (χ0) is 21.5. The van der Waals surface area contributed by atoms with Crippen molar-refractivity contribution in [2.24, 2.45) is 10.8 Å². The monoisotopic (exact) mass is 394 g/mol. The number of aliphatic hydroxyl groups excluding tert-OH is 6. The summed E-state index contributed by atoms with van der Waals surface area (Å²) in [6.45, 7) is 4.84. The molecule has 0 saturated carbocycles. The minimum atomic E-state index is -1.18. The summed E-state index contributed by atoms with van der Waals surface area (Å²) in [5.74, 6) is -1.26. The van der Waals surface area contributed by atoms with E-state index in [-0.39, 0.29) is 18.8 Å². The Morgan fingerprint density at radius 2 is 1.15 bits per heavy atom. The van der Waals surface area contributed by atoms with Crippen molar-refractivity contribution < 1.29 is 49.7 Å². The summed E-state index contributed by atoms with van der Waals surface area (Å²) >= 11 is 0. The summed E-state index contributed by atoms with van der Waals surface area (Å²) in [7, 11) is 0. The van der Waals surface area contributed by atoms with Crippen LogP contribution in [0.4, 0.5) is 0 Å². The Morgan fingerprint density at radius 1 is 0.815 bits per heavy atom. The normalized spacial score (nSPS) is 11.1. The van der Waals surface area contributed by atoms with Gasteiger partial charge in [-0.3, -0.25) is 0 Å². The summed E-state index contributed by atoms with van der Waals surface area (Å²) in [5, 5.41) is 53.2. The zero-order valence-electron chi connectivity index (χ0n) is 15.5. The lowest BCUT2D eigenvalue weighted by Gasteiger charge is -2.26. The third-order valence-electron chi connectivity index (χ3n) is 3.56. The van der Waals surface area contributed by atoms with Gasteiger partial charge in [-0.05, 0) is 6.92 Å². The Labute approximate surface area is 158 Å². The second-order valence-electron chi connectivity index (χ2n) is 6.12. The van der Waals surface area contributed by atoms with Crippen LogP contribution in [0, 0.1) is 10.8 Å². The minimum Gasteiger partial charge on any atom is -0.462 e. The van der Waals surface area contributed by atoms with Gasteiger partial charge in [0.1, 0.15) is 13.2 Å². The van der Waals surface area contributed by atoms with E-state index in [1.807, 2.05) is 0 Å². The topological polar surface area (TPSA) is 174 Å². The smallest absolute Gasteiger partial charge is 0.333 e. The molecule has 0 radical (unpaired) electrons. The molecule has 27 heavy (non-hydrogen) atoms. The number of rotatable bonds is 12. The van der Waals surface area contributed by atoms with Crippen LogP contribution in [0.5, 0.6) is 0 Å². The second-order valence-corrected chi connectivity index (χ2v) is 6.12. The van der Waals surface area contributed by atoms with Gasteiger partial charge >= 0.3 is 11.9 Å². The fraction of sp³-hybridized carbons (Fsp3) is 0.647. The molecular formula is C17H30O10. The Balaban J connectivity index is 0. The maximum Gasteiger partial charge on any atom is 0.333 e. The highest BCUT2D eigenvalue weighted by Crippen LogP contribution is 2.16.